The minimum absolute atomic E-state index is 0.352. The zero-order valence-corrected chi connectivity index (χ0v) is 10.8. The van der Waals surface area contributed by atoms with E-state index < -0.39 is 40.3 Å². The first-order valence-corrected chi connectivity index (χ1v) is 6.01. The molecule has 1 rings (SSSR count). The molecule has 104 valence electrons. The van der Waals surface area contributed by atoms with Crippen LogP contribution < -0.4 is 0 Å². The molecule has 0 saturated heterocycles. The van der Waals surface area contributed by atoms with Crippen molar-refractivity contribution in [1.29, 1.82) is 0 Å². The molecular weight excluding hydrogens is 256 g/mol. The molecule has 0 nitrogen and oxygen atoms in total. The molecule has 0 radical (unpaired) electrons. The van der Waals surface area contributed by atoms with Gasteiger partial charge in [-0.1, -0.05) is 12.2 Å². The van der Waals surface area contributed by atoms with Gasteiger partial charge in [-0.2, -0.15) is 0 Å². The lowest BCUT2D eigenvalue weighted by atomic mass is 9.91. The molecule has 4 heteroatoms. The van der Waals surface area contributed by atoms with Crippen LogP contribution in [0.2, 0.25) is 0 Å². The Labute approximate surface area is 110 Å². The maximum atomic E-state index is 13.8. The molecule has 1 aromatic carbocycles. The molecular formula is C15H16F4. The Bertz CT molecular complexity index is 462. The summed E-state index contributed by atoms with van der Waals surface area (Å²) in [5.41, 5.74) is -1.23. The molecule has 0 saturated carbocycles. The Morgan fingerprint density at radius 3 is 1.95 bits per heavy atom. The molecule has 0 aliphatic rings. The topological polar surface area (TPSA) is 0 Å². The predicted octanol–water partition coefficient (Wildman–Crippen LogP) is 5.18. The van der Waals surface area contributed by atoms with E-state index in [2.05, 4.69) is 13.2 Å². The summed E-state index contributed by atoms with van der Waals surface area (Å²) in [5.74, 6) is -6.11. The number of halogens is 4. The predicted molar refractivity (Wildman–Crippen MR) is 68.0 cm³/mol. The van der Waals surface area contributed by atoms with Crippen molar-refractivity contribution >= 4 is 0 Å². The number of rotatable bonds is 6. The summed E-state index contributed by atoms with van der Waals surface area (Å²) < 4.78 is 54.6. The summed E-state index contributed by atoms with van der Waals surface area (Å²) in [6.45, 7) is 8.01. The minimum Gasteiger partial charge on any atom is -0.203 e. The molecule has 0 heterocycles. The zero-order valence-electron chi connectivity index (χ0n) is 10.8. The Hall–Kier alpha value is -1.58. The number of benzene rings is 1. The third kappa shape index (κ3) is 3.06. The van der Waals surface area contributed by atoms with E-state index in [9.17, 15) is 17.6 Å². The second-order valence-electron chi connectivity index (χ2n) is 4.36. The average Bonchev–Trinajstić information content (AvgIpc) is 2.41. The molecule has 0 aromatic heterocycles. The smallest absolute Gasteiger partial charge is 0.166 e. The highest BCUT2D eigenvalue weighted by atomic mass is 19.2. The van der Waals surface area contributed by atoms with Crippen LogP contribution in [-0.4, -0.2) is 0 Å². The zero-order chi connectivity index (χ0) is 14.6. The molecule has 0 N–H and O–H groups in total. The van der Waals surface area contributed by atoms with Crippen LogP contribution in [0.5, 0.6) is 0 Å². The van der Waals surface area contributed by atoms with Crippen molar-refractivity contribution in [1.82, 2.24) is 0 Å². The molecule has 0 amide bonds. The highest BCUT2D eigenvalue weighted by molar-refractivity contribution is 5.33. The fourth-order valence-electron chi connectivity index (χ4n) is 1.95. The molecule has 1 atom stereocenters. The lowest BCUT2D eigenvalue weighted by molar-refractivity contribution is 0.422. The lowest BCUT2D eigenvalue weighted by Gasteiger charge is -2.16. The van der Waals surface area contributed by atoms with Crippen molar-refractivity contribution in [2.45, 2.75) is 32.1 Å². The van der Waals surface area contributed by atoms with Gasteiger partial charge in [0, 0.05) is 17.0 Å². The molecule has 0 aliphatic carbocycles. The van der Waals surface area contributed by atoms with E-state index in [1.54, 1.807) is 6.08 Å². The van der Waals surface area contributed by atoms with Crippen molar-refractivity contribution in [2.24, 2.45) is 0 Å². The summed E-state index contributed by atoms with van der Waals surface area (Å²) in [7, 11) is 0. The van der Waals surface area contributed by atoms with Gasteiger partial charge in [0.1, 0.15) is 0 Å². The van der Waals surface area contributed by atoms with Crippen LogP contribution in [0.25, 0.3) is 0 Å². The molecule has 0 bridgehead atoms. The van der Waals surface area contributed by atoms with E-state index in [1.165, 1.54) is 6.08 Å². The maximum Gasteiger partial charge on any atom is 0.166 e. The van der Waals surface area contributed by atoms with Gasteiger partial charge in [-0.25, -0.2) is 17.6 Å². The van der Waals surface area contributed by atoms with Gasteiger partial charge in [-0.15, -0.1) is 13.2 Å². The third-order valence-electron chi connectivity index (χ3n) is 3.10. The first-order chi connectivity index (χ1) is 8.95. The van der Waals surface area contributed by atoms with E-state index in [0.29, 0.717) is 19.3 Å². The highest BCUT2D eigenvalue weighted by Gasteiger charge is 2.26. The summed E-state index contributed by atoms with van der Waals surface area (Å²) in [5, 5.41) is 0. The van der Waals surface area contributed by atoms with Gasteiger partial charge < -0.3 is 0 Å². The number of unbranched alkanes of at least 4 members (excludes halogenated alkanes) is 1. The van der Waals surface area contributed by atoms with Crippen molar-refractivity contribution in [3.8, 4) is 0 Å². The Balaban J connectivity index is 3.24. The Morgan fingerprint density at radius 2 is 1.53 bits per heavy atom. The van der Waals surface area contributed by atoms with Gasteiger partial charge in [-0.05, 0) is 26.2 Å². The van der Waals surface area contributed by atoms with Crippen LogP contribution >= 0.6 is 0 Å². The normalized spacial score (nSPS) is 12.3. The summed E-state index contributed by atoms with van der Waals surface area (Å²) in [6, 6.07) is 0. The molecule has 0 fully saturated rings. The summed E-state index contributed by atoms with van der Waals surface area (Å²) >= 11 is 0. The van der Waals surface area contributed by atoms with Gasteiger partial charge >= 0.3 is 0 Å². The van der Waals surface area contributed by atoms with Crippen LogP contribution in [0.3, 0.4) is 0 Å². The van der Waals surface area contributed by atoms with Gasteiger partial charge in [0.05, 0.1) is 0 Å². The Kier molecular flexibility index (Phi) is 5.33. The van der Waals surface area contributed by atoms with Crippen LogP contribution in [0, 0.1) is 30.2 Å². The van der Waals surface area contributed by atoms with E-state index in [4.69, 9.17) is 0 Å². The second-order valence-corrected chi connectivity index (χ2v) is 4.36. The first-order valence-electron chi connectivity index (χ1n) is 6.01. The van der Waals surface area contributed by atoms with Crippen LogP contribution in [0.4, 0.5) is 17.6 Å². The highest BCUT2D eigenvalue weighted by Crippen LogP contribution is 2.32. The van der Waals surface area contributed by atoms with Crippen LogP contribution in [0.15, 0.2) is 25.3 Å². The minimum atomic E-state index is -1.34. The third-order valence-corrected chi connectivity index (χ3v) is 3.10. The largest absolute Gasteiger partial charge is 0.203 e. The molecule has 1 unspecified atom stereocenters. The SMILES string of the molecule is C=CCCCC(C=C)c1c(F)c(F)c(C)c(F)c1F. The summed E-state index contributed by atoms with van der Waals surface area (Å²) in [6.07, 6.45) is 4.59. The van der Waals surface area contributed by atoms with Crippen molar-refractivity contribution in [2.75, 3.05) is 0 Å². The van der Waals surface area contributed by atoms with E-state index in [0.717, 1.165) is 6.92 Å². The van der Waals surface area contributed by atoms with Crippen molar-refractivity contribution in [3.05, 3.63) is 59.7 Å². The summed E-state index contributed by atoms with van der Waals surface area (Å²) in [4.78, 5) is 0. The number of hydrogen-bond donors (Lipinski definition) is 0. The average molecular weight is 272 g/mol. The standard InChI is InChI=1S/C15H16F4/c1-4-6-7-8-10(5-2)11-14(18)12(16)9(3)13(17)15(11)19/h4-5,10H,1-2,6-8H2,3H3. The fourth-order valence-corrected chi connectivity index (χ4v) is 1.95. The second kappa shape index (κ2) is 6.55. The number of hydrogen-bond acceptors (Lipinski definition) is 0. The Morgan fingerprint density at radius 1 is 1.00 bits per heavy atom. The van der Waals surface area contributed by atoms with E-state index in [1.807, 2.05) is 0 Å². The van der Waals surface area contributed by atoms with Gasteiger partial charge in [0.25, 0.3) is 0 Å². The lowest BCUT2D eigenvalue weighted by Crippen LogP contribution is -2.10. The van der Waals surface area contributed by atoms with Crippen molar-refractivity contribution in [3.63, 3.8) is 0 Å². The van der Waals surface area contributed by atoms with E-state index in [-0.39, 0.29) is 0 Å². The number of allylic oxidation sites excluding steroid dienone is 2. The van der Waals surface area contributed by atoms with E-state index >= 15 is 0 Å². The molecule has 0 spiro atoms. The molecule has 1 aromatic rings. The fraction of sp³-hybridized carbons (Fsp3) is 0.333. The first kappa shape index (κ1) is 15.5. The molecule has 0 aliphatic heterocycles. The quantitative estimate of drug-likeness (QED) is 0.290. The van der Waals surface area contributed by atoms with Crippen LogP contribution in [-0.2, 0) is 0 Å². The van der Waals surface area contributed by atoms with Gasteiger partial charge in [0.15, 0.2) is 23.3 Å². The monoisotopic (exact) mass is 272 g/mol. The maximum absolute atomic E-state index is 13.8. The van der Waals surface area contributed by atoms with Crippen molar-refractivity contribution < 1.29 is 17.6 Å². The van der Waals surface area contributed by atoms with Gasteiger partial charge in [0.2, 0.25) is 0 Å². The van der Waals surface area contributed by atoms with Crippen LogP contribution in [0.1, 0.15) is 36.3 Å². The molecule has 19 heavy (non-hydrogen) atoms. The van der Waals surface area contributed by atoms with Gasteiger partial charge in [-0.3, -0.25) is 0 Å².